The van der Waals surface area contributed by atoms with E-state index in [9.17, 15) is 33.9 Å². The van der Waals surface area contributed by atoms with Gasteiger partial charge >= 0.3 is 24.2 Å². The number of carbonyl (C=O) groups excluding carboxylic acids is 4. The average Bonchev–Trinajstić information content (AvgIpc) is 3.76. The molecule has 2 aromatic heterocycles. The van der Waals surface area contributed by atoms with Crippen molar-refractivity contribution in [2.45, 2.75) is 65.5 Å². The standard InChI is InChI=1S/C44H51FN10O9/c1-4-52-23-32(41(58)59)39(56)31-21-33(45)37(22-36(31)52)53-17-19-54(20-18-53)44(62)64-26-29-12-14-30(15-13-29)48-40(57)35(11-8-16-47-42(46)60)55-24-34(50-51-55)38(27(2)3)49-43(61)63-25-28-9-6-5-7-10-28/h5-7,9-10,12-15,21-24,27,35,38H,4,8,11,16-20,25-26H2,1-3H3,(H,48,57)(H,49,61)(H,58,59)(H3,46,47,60). The van der Waals surface area contributed by atoms with Crippen LogP contribution in [0, 0.1) is 11.7 Å². The highest BCUT2D eigenvalue weighted by Crippen LogP contribution is 2.27. The number of benzene rings is 3. The Morgan fingerprint density at radius 1 is 0.922 bits per heavy atom. The third-order valence-electron chi connectivity index (χ3n) is 10.8. The molecule has 0 saturated carbocycles. The molecule has 64 heavy (non-hydrogen) atoms. The Bertz CT molecular complexity index is 2520. The Hall–Kier alpha value is -7.51. The maximum Gasteiger partial charge on any atom is 0.410 e. The summed E-state index contributed by atoms with van der Waals surface area (Å²) in [6, 6.07) is 16.5. The predicted molar refractivity (Wildman–Crippen MR) is 233 cm³/mol. The van der Waals surface area contributed by atoms with E-state index in [2.05, 4.69) is 26.3 Å². The lowest BCUT2D eigenvalue weighted by atomic mass is 10.0. The third kappa shape index (κ3) is 11.5. The fourth-order valence-electron chi connectivity index (χ4n) is 7.28. The highest BCUT2D eigenvalue weighted by molar-refractivity contribution is 5.94. The van der Waals surface area contributed by atoms with Gasteiger partial charge in [-0.3, -0.25) is 9.59 Å². The van der Waals surface area contributed by atoms with Gasteiger partial charge in [0.15, 0.2) is 0 Å². The number of piperazine rings is 1. The van der Waals surface area contributed by atoms with E-state index in [0.29, 0.717) is 35.4 Å². The van der Waals surface area contributed by atoms with Crippen LogP contribution in [0.4, 0.5) is 30.1 Å². The highest BCUT2D eigenvalue weighted by atomic mass is 19.1. The van der Waals surface area contributed by atoms with E-state index in [1.807, 2.05) is 44.2 Å². The smallest absolute Gasteiger partial charge is 0.410 e. The first-order valence-electron chi connectivity index (χ1n) is 20.8. The average molecular weight is 883 g/mol. The zero-order valence-electron chi connectivity index (χ0n) is 35.7. The van der Waals surface area contributed by atoms with Crippen LogP contribution in [-0.2, 0) is 34.0 Å². The lowest BCUT2D eigenvalue weighted by Crippen LogP contribution is -2.49. The van der Waals surface area contributed by atoms with Crippen LogP contribution in [-0.4, -0.2) is 92.4 Å². The number of fused-ring (bicyclic) bond motifs is 1. The molecule has 0 bridgehead atoms. The molecule has 0 spiro atoms. The van der Waals surface area contributed by atoms with Crippen molar-refractivity contribution in [3.8, 4) is 0 Å². The van der Waals surface area contributed by atoms with Crippen LogP contribution in [0.2, 0.25) is 0 Å². The Balaban J connectivity index is 1.03. The van der Waals surface area contributed by atoms with Gasteiger partial charge in [-0.05, 0) is 61.1 Å². The minimum absolute atomic E-state index is 0.0249. The summed E-state index contributed by atoms with van der Waals surface area (Å²) in [6.07, 6.45) is 2.30. The van der Waals surface area contributed by atoms with Crippen molar-refractivity contribution in [3.63, 3.8) is 0 Å². The number of ether oxygens (including phenoxy) is 2. The number of carboxylic acid groups (broad SMARTS) is 1. The Kier molecular flexibility index (Phi) is 15.1. The number of aromatic nitrogens is 4. The number of primary amides is 1. The maximum atomic E-state index is 15.4. The summed E-state index contributed by atoms with van der Waals surface area (Å²) in [5, 5.41) is 26.2. The fraction of sp³-hybridized carbons (Fsp3) is 0.364. The highest BCUT2D eigenvalue weighted by Gasteiger charge is 2.28. The van der Waals surface area contributed by atoms with Gasteiger partial charge < -0.3 is 50.6 Å². The molecular formula is C44H51FN10O9. The molecular weight excluding hydrogens is 832 g/mol. The van der Waals surface area contributed by atoms with Crippen LogP contribution in [0.25, 0.3) is 10.9 Å². The van der Waals surface area contributed by atoms with E-state index in [1.54, 1.807) is 46.9 Å². The van der Waals surface area contributed by atoms with E-state index in [0.717, 1.165) is 11.6 Å². The molecule has 0 aliphatic carbocycles. The molecule has 1 fully saturated rings. The predicted octanol–water partition coefficient (Wildman–Crippen LogP) is 5.16. The molecule has 6 rings (SSSR count). The SMILES string of the molecule is CCn1cc(C(=O)O)c(=O)c2cc(F)c(N3CCN(C(=O)OCc4ccc(NC(=O)C(CCCNC(N)=O)n5cc(C(NC(=O)OCc6ccccc6)C(C)C)nn5)cc4)CC3)cc21. The number of carboxylic acids is 1. The molecule has 5 amide bonds. The van der Waals surface area contributed by atoms with Crippen LogP contribution < -0.4 is 32.0 Å². The van der Waals surface area contributed by atoms with Gasteiger partial charge in [0.25, 0.3) is 0 Å². The van der Waals surface area contributed by atoms with Crippen LogP contribution in [0.5, 0.6) is 0 Å². The molecule has 1 aliphatic rings. The third-order valence-corrected chi connectivity index (χ3v) is 10.8. The number of nitrogens with one attached hydrogen (secondary N) is 3. The number of aromatic carboxylic acids is 1. The number of hydrogen-bond donors (Lipinski definition) is 5. The molecule has 338 valence electrons. The summed E-state index contributed by atoms with van der Waals surface area (Å²) in [4.78, 5) is 78.5. The molecule has 3 heterocycles. The Morgan fingerprint density at radius 3 is 2.27 bits per heavy atom. The summed E-state index contributed by atoms with van der Waals surface area (Å²) < 4.78 is 29.4. The number of amides is 5. The van der Waals surface area contributed by atoms with E-state index in [1.165, 1.54) is 21.8 Å². The Morgan fingerprint density at radius 2 is 1.61 bits per heavy atom. The second kappa shape index (κ2) is 21.0. The first-order chi connectivity index (χ1) is 30.7. The molecule has 2 atom stereocenters. The van der Waals surface area contributed by atoms with Gasteiger partial charge in [0.05, 0.1) is 23.4 Å². The maximum absolute atomic E-state index is 15.4. The largest absolute Gasteiger partial charge is 0.477 e. The van der Waals surface area contributed by atoms with E-state index < -0.39 is 59.0 Å². The van der Waals surface area contributed by atoms with Crippen molar-refractivity contribution >= 4 is 52.4 Å². The van der Waals surface area contributed by atoms with Gasteiger partial charge in [0, 0.05) is 56.5 Å². The van der Waals surface area contributed by atoms with Crippen LogP contribution in [0.15, 0.2) is 83.9 Å². The topological polar surface area (TPSA) is 245 Å². The zero-order valence-corrected chi connectivity index (χ0v) is 35.7. The van der Waals surface area contributed by atoms with E-state index >= 15 is 4.39 Å². The number of aryl methyl sites for hydroxylation is 1. The van der Waals surface area contributed by atoms with Crippen LogP contribution >= 0.6 is 0 Å². The van der Waals surface area contributed by atoms with Gasteiger partial charge in [-0.15, -0.1) is 5.10 Å². The molecule has 1 aliphatic heterocycles. The number of alkyl carbamates (subject to hydrolysis) is 1. The number of nitrogens with two attached hydrogens (primary N) is 1. The summed E-state index contributed by atoms with van der Waals surface area (Å²) in [5.74, 6) is -2.58. The summed E-state index contributed by atoms with van der Waals surface area (Å²) in [5.41, 5.74) is 7.04. The van der Waals surface area contributed by atoms with Crippen molar-refractivity contribution in [2.75, 3.05) is 42.9 Å². The minimum Gasteiger partial charge on any atom is -0.477 e. The van der Waals surface area contributed by atoms with Gasteiger partial charge in [-0.2, -0.15) is 0 Å². The number of rotatable bonds is 17. The number of nitrogens with zero attached hydrogens (tertiary/aromatic N) is 6. The molecule has 20 heteroatoms. The summed E-state index contributed by atoms with van der Waals surface area (Å²) in [7, 11) is 0. The van der Waals surface area contributed by atoms with Crippen LogP contribution in [0.1, 0.15) is 72.9 Å². The van der Waals surface area contributed by atoms with Gasteiger partial charge in [-0.25, -0.2) is 28.3 Å². The quantitative estimate of drug-likeness (QED) is 0.0761. The number of anilines is 2. The number of hydrogen-bond acceptors (Lipinski definition) is 11. The van der Waals surface area contributed by atoms with Crippen molar-refractivity contribution in [1.29, 1.82) is 0 Å². The number of urea groups is 1. The Labute approximate surface area is 367 Å². The normalized spacial score (nSPS) is 13.6. The van der Waals surface area contributed by atoms with Crippen LogP contribution in [0.3, 0.4) is 0 Å². The second-order valence-electron chi connectivity index (χ2n) is 15.5. The van der Waals surface area contributed by atoms with Crippen molar-refractivity contribution < 1.29 is 42.9 Å². The van der Waals surface area contributed by atoms with E-state index in [4.69, 9.17) is 15.2 Å². The molecule has 1 saturated heterocycles. The zero-order chi connectivity index (χ0) is 45.9. The molecule has 5 aromatic rings. The summed E-state index contributed by atoms with van der Waals surface area (Å²) in [6.45, 7) is 7.26. The molecule has 2 unspecified atom stereocenters. The molecule has 19 nitrogen and oxygen atoms in total. The van der Waals surface area contributed by atoms with Gasteiger partial charge in [-0.1, -0.05) is 61.5 Å². The lowest BCUT2D eigenvalue weighted by Gasteiger charge is -2.35. The lowest BCUT2D eigenvalue weighted by molar-refractivity contribution is -0.119. The fourth-order valence-corrected chi connectivity index (χ4v) is 7.28. The minimum atomic E-state index is -1.39. The molecule has 6 N–H and O–H groups in total. The van der Waals surface area contributed by atoms with Crippen molar-refractivity contribution in [2.24, 2.45) is 11.7 Å². The number of halogens is 1. The van der Waals surface area contributed by atoms with Gasteiger partial charge in [0.1, 0.15) is 36.3 Å². The van der Waals surface area contributed by atoms with Crippen molar-refractivity contribution in [1.82, 2.24) is 35.1 Å². The van der Waals surface area contributed by atoms with Gasteiger partial charge in [0.2, 0.25) is 11.3 Å². The van der Waals surface area contributed by atoms with Crippen molar-refractivity contribution in [3.05, 3.63) is 118 Å². The van der Waals surface area contributed by atoms with E-state index in [-0.39, 0.29) is 69.3 Å². The first-order valence-corrected chi connectivity index (χ1v) is 20.8. The monoisotopic (exact) mass is 882 g/mol. The molecule has 3 aromatic carbocycles. The molecule has 0 radical (unpaired) electrons. The number of carbonyl (C=O) groups is 5. The second-order valence-corrected chi connectivity index (χ2v) is 15.5. The first kappa shape index (κ1) is 46.0. The summed E-state index contributed by atoms with van der Waals surface area (Å²) >= 11 is 0. The number of pyridine rings is 1.